The van der Waals surface area contributed by atoms with Crippen LogP contribution >= 0.6 is 23.1 Å². The Hall–Kier alpha value is -1.07. The first-order chi connectivity index (χ1) is 7.66. The van der Waals surface area contributed by atoms with Gasteiger partial charge in [-0.2, -0.15) is 0 Å². The lowest BCUT2D eigenvalue weighted by molar-refractivity contribution is 0.102. The van der Waals surface area contributed by atoms with E-state index in [0.717, 1.165) is 15.6 Å². The Balaban J connectivity index is 2.01. The zero-order chi connectivity index (χ0) is 11.5. The first kappa shape index (κ1) is 11.4. The minimum atomic E-state index is 0.170. The van der Waals surface area contributed by atoms with Crippen molar-refractivity contribution in [3.63, 3.8) is 0 Å². The van der Waals surface area contributed by atoms with Crippen LogP contribution < -0.4 is 0 Å². The summed E-state index contributed by atoms with van der Waals surface area (Å²) >= 11 is 3.10. The number of carbonyl (C=O) groups is 1. The van der Waals surface area contributed by atoms with Gasteiger partial charge in [-0.15, -0.1) is 11.3 Å². The molecule has 2 heterocycles. The Morgan fingerprint density at radius 3 is 2.94 bits per heavy atom. The predicted molar refractivity (Wildman–Crippen MR) is 67.4 cm³/mol. The van der Waals surface area contributed by atoms with Gasteiger partial charge in [0, 0.05) is 27.7 Å². The number of thiophene rings is 1. The second-order valence-electron chi connectivity index (χ2n) is 3.43. The predicted octanol–water partition coefficient (Wildman–Crippen LogP) is 3.06. The number of Topliss-reactive ketones (excluding diaryl/α,β-unsaturated/α-hetero) is 1. The highest BCUT2D eigenvalue weighted by molar-refractivity contribution is 7.99. The average Bonchev–Trinajstić information content (AvgIpc) is 2.84. The number of aromatic nitrogens is 2. The van der Waals surface area contributed by atoms with Gasteiger partial charge in [-0.25, -0.2) is 4.98 Å². The number of nitrogens with one attached hydrogen (secondary N) is 1. The Morgan fingerprint density at radius 2 is 2.38 bits per heavy atom. The molecule has 3 nitrogen and oxygen atoms in total. The van der Waals surface area contributed by atoms with Crippen LogP contribution in [0.5, 0.6) is 0 Å². The summed E-state index contributed by atoms with van der Waals surface area (Å²) in [6.07, 6.45) is 3.44. The number of imidazole rings is 1. The summed E-state index contributed by atoms with van der Waals surface area (Å²) in [4.78, 5) is 21.2. The minimum absolute atomic E-state index is 0.170. The zero-order valence-electron chi connectivity index (χ0n) is 9.11. The Morgan fingerprint density at radius 1 is 1.56 bits per heavy atom. The van der Waals surface area contributed by atoms with Crippen LogP contribution in [0, 0.1) is 13.8 Å². The van der Waals surface area contributed by atoms with Crippen molar-refractivity contribution in [1.82, 2.24) is 9.97 Å². The van der Waals surface area contributed by atoms with Gasteiger partial charge >= 0.3 is 0 Å². The summed E-state index contributed by atoms with van der Waals surface area (Å²) < 4.78 is 0. The van der Waals surface area contributed by atoms with Crippen molar-refractivity contribution < 1.29 is 4.79 Å². The lowest BCUT2D eigenvalue weighted by atomic mass is 10.2. The highest BCUT2D eigenvalue weighted by Crippen LogP contribution is 2.23. The summed E-state index contributed by atoms with van der Waals surface area (Å²) in [7, 11) is 0. The number of hydrogen-bond acceptors (Lipinski definition) is 4. The molecule has 0 aliphatic heterocycles. The Bertz CT molecular complexity index is 488. The van der Waals surface area contributed by atoms with E-state index >= 15 is 0 Å². The maximum absolute atomic E-state index is 11.9. The fraction of sp³-hybridized carbons (Fsp3) is 0.273. The Kier molecular flexibility index (Phi) is 3.46. The molecule has 5 heteroatoms. The van der Waals surface area contributed by atoms with Crippen LogP contribution in [0.4, 0.5) is 0 Å². The van der Waals surface area contributed by atoms with Gasteiger partial charge in [0.15, 0.2) is 10.9 Å². The molecule has 1 N–H and O–H groups in total. The highest BCUT2D eigenvalue weighted by Gasteiger charge is 2.12. The number of ketones is 1. The van der Waals surface area contributed by atoms with Gasteiger partial charge in [0.2, 0.25) is 0 Å². The molecule has 2 aromatic rings. The van der Waals surface area contributed by atoms with E-state index in [0.29, 0.717) is 5.75 Å². The number of thioether (sulfide) groups is 1. The second kappa shape index (κ2) is 4.84. The van der Waals surface area contributed by atoms with E-state index in [1.54, 1.807) is 23.7 Å². The largest absolute Gasteiger partial charge is 0.340 e. The fourth-order valence-electron chi connectivity index (χ4n) is 1.45. The van der Waals surface area contributed by atoms with Crippen LogP contribution in [-0.2, 0) is 0 Å². The molecule has 0 atom stereocenters. The lowest BCUT2D eigenvalue weighted by Crippen LogP contribution is -2.02. The molecule has 0 saturated carbocycles. The van der Waals surface area contributed by atoms with E-state index in [4.69, 9.17) is 0 Å². The SMILES string of the molecule is Cc1cc(C(=O)CSc2ncc[nH]2)c(C)s1. The van der Waals surface area contributed by atoms with Crippen molar-refractivity contribution in [2.45, 2.75) is 19.0 Å². The van der Waals surface area contributed by atoms with Crippen molar-refractivity contribution in [3.05, 3.63) is 33.8 Å². The molecule has 0 radical (unpaired) electrons. The van der Waals surface area contributed by atoms with Crippen molar-refractivity contribution >= 4 is 28.9 Å². The monoisotopic (exact) mass is 252 g/mol. The number of rotatable bonds is 4. The van der Waals surface area contributed by atoms with Crippen LogP contribution in [0.25, 0.3) is 0 Å². The molecule has 16 heavy (non-hydrogen) atoms. The molecule has 0 amide bonds. The highest BCUT2D eigenvalue weighted by atomic mass is 32.2. The molecular formula is C11H12N2OS2. The quantitative estimate of drug-likeness (QED) is 0.672. The number of carbonyl (C=O) groups excluding carboxylic acids is 1. The number of hydrogen-bond donors (Lipinski definition) is 1. The average molecular weight is 252 g/mol. The number of aromatic amines is 1. The standard InChI is InChI=1S/C11H12N2OS2/c1-7-5-9(8(2)16-7)10(14)6-15-11-12-3-4-13-11/h3-5H,6H2,1-2H3,(H,12,13). The summed E-state index contributed by atoms with van der Waals surface area (Å²) in [6.45, 7) is 4.01. The maximum Gasteiger partial charge on any atom is 0.174 e. The van der Waals surface area contributed by atoms with Gasteiger partial charge < -0.3 is 4.98 Å². The molecule has 0 bridgehead atoms. The number of aryl methyl sites for hydroxylation is 2. The van der Waals surface area contributed by atoms with Gasteiger partial charge in [-0.3, -0.25) is 4.79 Å². The smallest absolute Gasteiger partial charge is 0.174 e. The molecule has 2 aromatic heterocycles. The molecule has 2 rings (SSSR count). The van der Waals surface area contributed by atoms with Crippen molar-refractivity contribution in [3.8, 4) is 0 Å². The molecule has 0 fully saturated rings. The number of nitrogens with zero attached hydrogens (tertiary/aromatic N) is 1. The zero-order valence-corrected chi connectivity index (χ0v) is 10.7. The third-order valence-corrected chi connectivity index (χ3v) is 4.02. The topological polar surface area (TPSA) is 45.8 Å². The van der Waals surface area contributed by atoms with Crippen LogP contribution in [0.3, 0.4) is 0 Å². The van der Waals surface area contributed by atoms with Crippen LogP contribution in [0.1, 0.15) is 20.1 Å². The third kappa shape index (κ3) is 2.54. The van der Waals surface area contributed by atoms with E-state index in [2.05, 4.69) is 9.97 Å². The second-order valence-corrected chi connectivity index (χ2v) is 5.86. The molecule has 0 saturated heterocycles. The van der Waals surface area contributed by atoms with Gasteiger partial charge in [-0.1, -0.05) is 11.8 Å². The van der Waals surface area contributed by atoms with Crippen LogP contribution in [0.2, 0.25) is 0 Å². The summed E-state index contributed by atoms with van der Waals surface area (Å²) in [6, 6.07) is 1.96. The number of H-pyrrole nitrogens is 1. The van der Waals surface area contributed by atoms with Crippen molar-refractivity contribution in [1.29, 1.82) is 0 Å². The third-order valence-electron chi connectivity index (χ3n) is 2.15. The molecule has 0 aliphatic rings. The molecule has 0 aromatic carbocycles. The van der Waals surface area contributed by atoms with Crippen LogP contribution in [0.15, 0.2) is 23.6 Å². The molecule has 0 spiro atoms. The Labute approximate surface area is 102 Å². The fourth-order valence-corrected chi connectivity index (χ4v) is 3.10. The molecule has 0 aliphatic carbocycles. The van der Waals surface area contributed by atoms with E-state index < -0.39 is 0 Å². The molecular weight excluding hydrogens is 240 g/mol. The van der Waals surface area contributed by atoms with Gasteiger partial charge in [-0.05, 0) is 19.9 Å². The van der Waals surface area contributed by atoms with Gasteiger partial charge in [0.1, 0.15) is 0 Å². The van der Waals surface area contributed by atoms with Gasteiger partial charge in [0.25, 0.3) is 0 Å². The summed E-state index contributed by atoms with van der Waals surface area (Å²) in [5, 5.41) is 0.790. The lowest BCUT2D eigenvalue weighted by Gasteiger charge is -1.97. The van der Waals surface area contributed by atoms with Crippen LogP contribution in [-0.4, -0.2) is 21.5 Å². The van der Waals surface area contributed by atoms with E-state index in [-0.39, 0.29) is 5.78 Å². The first-order valence-electron chi connectivity index (χ1n) is 4.89. The van der Waals surface area contributed by atoms with Gasteiger partial charge in [0.05, 0.1) is 5.75 Å². The van der Waals surface area contributed by atoms with E-state index in [1.165, 1.54) is 16.6 Å². The first-order valence-corrected chi connectivity index (χ1v) is 6.69. The molecule has 84 valence electrons. The summed E-state index contributed by atoms with van der Waals surface area (Å²) in [5.74, 6) is 0.605. The minimum Gasteiger partial charge on any atom is -0.340 e. The normalized spacial score (nSPS) is 10.6. The van der Waals surface area contributed by atoms with Crippen molar-refractivity contribution in [2.24, 2.45) is 0 Å². The van der Waals surface area contributed by atoms with E-state index in [1.807, 2.05) is 19.9 Å². The molecule has 0 unspecified atom stereocenters. The summed E-state index contributed by atoms with van der Waals surface area (Å²) in [5.41, 5.74) is 0.849. The maximum atomic E-state index is 11.9. The van der Waals surface area contributed by atoms with Crippen molar-refractivity contribution in [2.75, 3.05) is 5.75 Å². The van der Waals surface area contributed by atoms with E-state index in [9.17, 15) is 4.79 Å².